The van der Waals surface area contributed by atoms with E-state index in [4.69, 9.17) is 9.84 Å². The molecule has 88 valence electrons. The molecule has 1 heterocycles. The molecule has 0 spiro atoms. The maximum absolute atomic E-state index is 11.8. The molecule has 2 N–H and O–H groups in total. The van der Waals surface area contributed by atoms with Crippen LogP contribution in [0.25, 0.3) is 0 Å². The van der Waals surface area contributed by atoms with Crippen LogP contribution in [-0.4, -0.2) is 54.5 Å². The number of carbonyl (C=O) groups excluding carboxylic acids is 1. The third-order valence-corrected chi connectivity index (χ3v) is 2.86. The standard InChI is InChI=1S/C10H20N2O3/c1-10(2,7-13)12(3)9(14)11-8-4-5-15-6-8/h8,13H,4-7H2,1-3H3,(H,11,14). The molecular formula is C10H20N2O3. The van der Waals surface area contributed by atoms with Gasteiger partial charge in [-0.2, -0.15) is 0 Å². The highest BCUT2D eigenvalue weighted by Gasteiger charge is 2.28. The molecule has 1 atom stereocenters. The van der Waals surface area contributed by atoms with Gasteiger partial charge in [0, 0.05) is 13.7 Å². The van der Waals surface area contributed by atoms with Crippen molar-refractivity contribution in [1.29, 1.82) is 0 Å². The van der Waals surface area contributed by atoms with E-state index >= 15 is 0 Å². The molecule has 0 saturated carbocycles. The Bertz CT molecular complexity index is 225. The summed E-state index contributed by atoms with van der Waals surface area (Å²) in [7, 11) is 1.68. The molecule has 0 aromatic carbocycles. The van der Waals surface area contributed by atoms with Gasteiger partial charge in [0.1, 0.15) is 0 Å². The normalized spacial score (nSPS) is 21.5. The predicted octanol–water partition coefficient (Wildman–Crippen LogP) is 0.188. The zero-order valence-corrected chi connectivity index (χ0v) is 9.62. The Labute approximate surface area is 90.4 Å². The van der Waals surface area contributed by atoms with Gasteiger partial charge in [-0.15, -0.1) is 0 Å². The molecule has 0 aromatic heterocycles. The van der Waals surface area contributed by atoms with Gasteiger partial charge in [-0.3, -0.25) is 0 Å². The number of hydrogen-bond acceptors (Lipinski definition) is 3. The maximum Gasteiger partial charge on any atom is 0.317 e. The van der Waals surface area contributed by atoms with E-state index in [1.807, 2.05) is 13.8 Å². The molecule has 0 aromatic rings. The summed E-state index contributed by atoms with van der Waals surface area (Å²) in [5, 5.41) is 12.0. The summed E-state index contributed by atoms with van der Waals surface area (Å²) in [4.78, 5) is 13.3. The molecule has 2 amide bonds. The van der Waals surface area contributed by atoms with Crippen molar-refractivity contribution >= 4 is 6.03 Å². The van der Waals surface area contributed by atoms with E-state index in [0.29, 0.717) is 13.2 Å². The first-order valence-electron chi connectivity index (χ1n) is 5.20. The van der Waals surface area contributed by atoms with Gasteiger partial charge in [0.25, 0.3) is 0 Å². The number of amides is 2. The fraction of sp³-hybridized carbons (Fsp3) is 0.900. The summed E-state index contributed by atoms with van der Waals surface area (Å²) in [5.41, 5.74) is -0.538. The number of rotatable bonds is 3. The molecule has 1 fully saturated rings. The summed E-state index contributed by atoms with van der Waals surface area (Å²) in [6, 6.07) is -0.0565. The number of hydrogen-bond donors (Lipinski definition) is 2. The summed E-state index contributed by atoms with van der Waals surface area (Å²) in [6.45, 7) is 4.87. The smallest absolute Gasteiger partial charge is 0.317 e. The average molecular weight is 216 g/mol. The Kier molecular flexibility index (Phi) is 3.93. The van der Waals surface area contributed by atoms with Crippen LogP contribution in [0.15, 0.2) is 0 Å². The minimum atomic E-state index is -0.538. The van der Waals surface area contributed by atoms with E-state index in [-0.39, 0.29) is 18.7 Å². The van der Waals surface area contributed by atoms with Crippen LogP contribution < -0.4 is 5.32 Å². The lowest BCUT2D eigenvalue weighted by Crippen LogP contribution is -2.53. The van der Waals surface area contributed by atoms with Crippen LogP contribution in [0.5, 0.6) is 0 Å². The number of nitrogens with zero attached hydrogens (tertiary/aromatic N) is 1. The second kappa shape index (κ2) is 4.81. The van der Waals surface area contributed by atoms with Crippen molar-refractivity contribution < 1.29 is 14.6 Å². The molecule has 1 saturated heterocycles. The molecule has 5 heteroatoms. The van der Waals surface area contributed by atoms with Crippen LogP contribution in [-0.2, 0) is 4.74 Å². The molecule has 1 aliphatic heterocycles. The lowest BCUT2D eigenvalue weighted by atomic mass is 10.1. The van der Waals surface area contributed by atoms with Crippen LogP contribution in [0.3, 0.4) is 0 Å². The highest BCUT2D eigenvalue weighted by molar-refractivity contribution is 5.75. The van der Waals surface area contributed by atoms with E-state index in [0.717, 1.165) is 6.42 Å². The number of aliphatic hydroxyl groups excluding tert-OH is 1. The minimum Gasteiger partial charge on any atom is -0.394 e. The fourth-order valence-electron chi connectivity index (χ4n) is 1.30. The van der Waals surface area contributed by atoms with Crippen molar-refractivity contribution in [1.82, 2.24) is 10.2 Å². The number of carbonyl (C=O) groups is 1. The Morgan fingerprint density at radius 1 is 1.67 bits per heavy atom. The third kappa shape index (κ3) is 3.07. The number of urea groups is 1. The molecule has 0 aliphatic carbocycles. The maximum atomic E-state index is 11.8. The summed E-state index contributed by atoms with van der Waals surface area (Å²) in [6.07, 6.45) is 0.860. The third-order valence-electron chi connectivity index (χ3n) is 2.86. The van der Waals surface area contributed by atoms with Gasteiger partial charge < -0.3 is 20.1 Å². The molecule has 1 rings (SSSR count). The molecule has 1 aliphatic rings. The Hall–Kier alpha value is -0.810. The lowest BCUT2D eigenvalue weighted by Gasteiger charge is -2.34. The number of nitrogens with one attached hydrogen (secondary N) is 1. The van der Waals surface area contributed by atoms with Gasteiger partial charge >= 0.3 is 6.03 Å². The summed E-state index contributed by atoms with van der Waals surface area (Å²) < 4.78 is 5.17. The van der Waals surface area contributed by atoms with Crippen LogP contribution >= 0.6 is 0 Å². The van der Waals surface area contributed by atoms with Crippen molar-refractivity contribution in [3.63, 3.8) is 0 Å². The molecule has 1 unspecified atom stereocenters. The zero-order valence-electron chi connectivity index (χ0n) is 9.62. The number of aliphatic hydroxyl groups is 1. The summed E-state index contributed by atoms with van der Waals surface area (Å²) >= 11 is 0. The highest BCUT2D eigenvalue weighted by Crippen LogP contribution is 2.12. The fourth-order valence-corrected chi connectivity index (χ4v) is 1.30. The SMILES string of the molecule is CN(C(=O)NC1CCOC1)C(C)(C)CO. The second-order valence-corrected chi connectivity index (χ2v) is 4.54. The quantitative estimate of drug-likeness (QED) is 0.708. The van der Waals surface area contributed by atoms with Crippen LogP contribution in [0.1, 0.15) is 20.3 Å². The van der Waals surface area contributed by atoms with Gasteiger partial charge in [0.2, 0.25) is 0 Å². The monoisotopic (exact) mass is 216 g/mol. The van der Waals surface area contributed by atoms with Gasteiger partial charge in [-0.05, 0) is 20.3 Å². The predicted molar refractivity (Wildman–Crippen MR) is 56.7 cm³/mol. The van der Waals surface area contributed by atoms with E-state index in [2.05, 4.69) is 5.32 Å². The first kappa shape index (κ1) is 12.3. The summed E-state index contributed by atoms with van der Waals surface area (Å²) in [5.74, 6) is 0. The van der Waals surface area contributed by atoms with Crippen molar-refractivity contribution in [2.45, 2.75) is 31.8 Å². The van der Waals surface area contributed by atoms with E-state index in [1.54, 1.807) is 7.05 Å². The molecular weight excluding hydrogens is 196 g/mol. The number of likely N-dealkylation sites (N-methyl/N-ethyl adjacent to an activating group) is 1. The van der Waals surface area contributed by atoms with E-state index in [9.17, 15) is 4.79 Å². The lowest BCUT2D eigenvalue weighted by molar-refractivity contribution is 0.0953. The minimum absolute atomic E-state index is 0.0575. The van der Waals surface area contributed by atoms with Gasteiger partial charge in [0.15, 0.2) is 0 Å². The molecule has 0 bridgehead atoms. The van der Waals surface area contributed by atoms with Crippen molar-refractivity contribution in [3.05, 3.63) is 0 Å². The topological polar surface area (TPSA) is 61.8 Å². The zero-order chi connectivity index (χ0) is 11.5. The van der Waals surface area contributed by atoms with Gasteiger partial charge in [-0.1, -0.05) is 0 Å². The molecule has 0 radical (unpaired) electrons. The molecule has 5 nitrogen and oxygen atoms in total. The first-order chi connectivity index (χ1) is 6.97. The van der Waals surface area contributed by atoms with Crippen molar-refractivity contribution in [2.75, 3.05) is 26.9 Å². The van der Waals surface area contributed by atoms with Crippen molar-refractivity contribution in [2.24, 2.45) is 0 Å². The second-order valence-electron chi connectivity index (χ2n) is 4.54. The van der Waals surface area contributed by atoms with Gasteiger partial charge in [0.05, 0.1) is 24.8 Å². The van der Waals surface area contributed by atoms with Crippen LogP contribution in [0.2, 0.25) is 0 Å². The Morgan fingerprint density at radius 3 is 2.80 bits per heavy atom. The molecule has 15 heavy (non-hydrogen) atoms. The van der Waals surface area contributed by atoms with E-state index in [1.165, 1.54) is 4.90 Å². The number of ether oxygens (including phenoxy) is 1. The largest absolute Gasteiger partial charge is 0.394 e. The van der Waals surface area contributed by atoms with Crippen LogP contribution in [0, 0.1) is 0 Å². The van der Waals surface area contributed by atoms with Crippen LogP contribution in [0.4, 0.5) is 4.79 Å². The highest BCUT2D eigenvalue weighted by atomic mass is 16.5. The average Bonchev–Trinajstić information content (AvgIpc) is 2.69. The Balaban J connectivity index is 2.45. The van der Waals surface area contributed by atoms with Gasteiger partial charge in [-0.25, -0.2) is 4.79 Å². The van der Waals surface area contributed by atoms with E-state index < -0.39 is 5.54 Å². The van der Waals surface area contributed by atoms with Crippen molar-refractivity contribution in [3.8, 4) is 0 Å². The first-order valence-corrected chi connectivity index (χ1v) is 5.20. The Morgan fingerprint density at radius 2 is 2.33 bits per heavy atom.